The summed E-state index contributed by atoms with van der Waals surface area (Å²) >= 11 is 0. The molecule has 3 aromatic heterocycles. The van der Waals surface area contributed by atoms with E-state index >= 15 is 0 Å². The van der Waals surface area contributed by atoms with Gasteiger partial charge in [-0.2, -0.15) is 0 Å². The maximum atomic E-state index is 12.1. The van der Waals surface area contributed by atoms with Crippen molar-refractivity contribution in [3.63, 3.8) is 0 Å². The summed E-state index contributed by atoms with van der Waals surface area (Å²) < 4.78 is 2.88. The molecule has 0 aliphatic carbocycles. The summed E-state index contributed by atoms with van der Waals surface area (Å²) in [5, 5.41) is 10.7. The van der Waals surface area contributed by atoms with Crippen molar-refractivity contribution < 1.29 is 4.79 Å². The third kappa shape index (κ3) is 3.77. The van der Waals surface area contributed by atoms with Gasteiger partial charge in [0.15, 0.2) is 0 Å². The number of nitrogens with zero attached hydrogens (tertiary/aromatic N) is 6. The van der Waals surface area contributed by atoms with Gasteiger partial charge < -0.3 is 5.32 Å². The number of hydrogen-bond acceptors (Lipinski definition) is 6. The third-order valence-electron chi connectivity index (χ3n) is 3.76. The Bertz CT molecular complexity index is 947. The van der Waals surface area contributed by atoms with Gasteiger partial charge in [0.25, 0.3) is 5.56 Å². The zero-order valence-electron chi connectivity index (χ0n) is 13.9. The predicted molar refractivity (Wildman–Crippen MR) is 89.0 cm³/mol. The molecule has 0 spiro atoms. The number of nitrogens with one attached hydrogen (secondary N) is 1. The number of hydrogen-bond donors (Lipinski definition) is 1. The lowest BCUT2D eigenvalue weighted by Crippen LogP contribution is -2.33. The van der Waals surface area contributed by atoms with Gasteiger partial charge in [-0.25, -0.2) is 9.67 Å². The molecule has 0 saturated carbocycles. The number of carbonyl (C=O) groups excluding carboxylic acids is 1. The van der Waals surface area contributed by atoms with Gasteiger partial charge in [0.1, 0.15) is 12.2 Å². The van der Waals surface area contributed by atoms with E-state index in [1.54, 1.807) is 49.3 Å². The predicted octanol–water partition coefficient (Wildman–Crippen LogP) is 0.152. The quantitative estimate of drug-likeness (QED) is 0.709. The molecule has 1 amide bonds. The first-order chi connectivity index (χ1) is 12.0. The molecule has 128 valence electrons. The lowest BCUT2D eigenvalue weighted by Gasteiger charge is -2.07. The Hall–Kier alpha value is -3.36. The average molecular weight is 339 g/mol. The molecule has 0 fully saturated rings. The summed E-state index contributed by atoms with van der Waals surface area (Å²) in [7, 11) is 0. The molecule has 0 saturated heterocycles. The van der Waals surface area contributed by atoms with Crippen LogP contribution in [0.3, 0.4) is 0 Å². The van der Waals surface area contributed by atoms with Crippen molar-refractivity contribution in [3.05, 3.63) is 64.4 Å². The first-order valence-electron chi connectivity index (χ1n) is 7.65. The fraction of sp³-hybridized carbons (Fsp3) is 0.250. The van der Waals surface area contributed by atoms with Crippen LogP contribution in [0.2, 0.25) is 0 Å². The van der Waals surface area contributed by atoms with Gasteiger partial charge in [0.05, 0.1) is 24.8 Å². The Balaban J connectivity index is 1.61. The lowest BCUT2D eigenvalue weighted by atomic mass is 10.3. The van der Waals surface area contributed by atoms with E-state index in [4.69, 9.17) is 0 Å². The number of aryl methyl sites for hydroxylation is 1. The molecule has 3 rings (SSSR count). The van der Waals surface area contributed by atoms with E-state index in [1.165, 1.54) is 10.9 Å². The molecule has 0 bridgehead atoms. The molecular weight excluding hydrogens is 322 g/mol. The topological polar surface area (TPSA) is 108 Å². The average Bonchev–Trinajstić information content (AvgIpc) is 3.10. The second-order valence-electron chi connectivity index (χ2n) is 5.52. The highest BCUT2D eigenvalue weighted by Crippen LogP contribution is 2.04. The van der Waals surface area contributed by atoms with Gasteiger partial charge in [0.2, 0.25) is 5.91 Å². The van der Waals surface area contributed by atoms with Crippen LogP contribution in [0.4, 0.5) is 0 Å². The van der Waals surface area contributed by atoms with Crippen molar-refractivity contribution >= 4 is 5.91 Å². The van der Waals surface area contributed by atoms with Crippen LogP contribution < -0.4 is 10.9 Å². The molecule has 0 aliphatic rings. The van der Waals surface area contributed by atoms with E-state index in [-0.39, 0.29) is 24.6 Å². The molecule has 3 heterocycles. The highest BCUT2D eigenvalue weighted by atomic mass is 16.2. The minimum atomic E-state index is -0.300. The summed E-state index contributed by atoms with van der Waals surface area (Å²) in [5.74, 6) is -0.300. The summed E-state index contributed by atoms with van der Waals surface area (Å²) in [6.07, 6.45) is 6.42. The van der Waals surface area contributed by atoms with Gasteiger partial charge in [-0.1, -0.05) is 5.21 Å². The van der Waals surface area contributed by atoms with Gasteiger partial charge in [-0.3, -0.25) is 19.1 Å². The van der Waals surface area contributed by atoms with Crippen LogP contribution in [0.15, 0.2) is 41.8 Å². The van der Waals surface area contributed by atoms with Gasteiger partial charge >= 0.3 is 0 Å². The normalized spacial score (nSPS) is 10.6. The number of amides is 1. The molecule has 9 heteroatoms. The van der Waals surface area contributed by atoms with E-state index in [0.29, 0.717) is 17.0 Å². The highest BCUT2D eigenvalue weighted by Gasteiger charge is 2.09. The molecule has 0 unspecified atom stereocenters. The molecule has 9 nitrogen and oxygen atoms in total. The van der Waals surface area contributed by atoms with Crippen LogP contribution in [0.1, 0.15) is 17.0 Å². The summed E-state index contributed by atoms with van der Waals surface area (Å²) in [5.41, 5.74) is 2.42. The van der Waals surface area contributed by atoms with Crippen molar-refractivity contribution in [1.29, 1.82) is 0 Å². The zero-order valence-corrected chi connectivity index (χ0v) is 13.9. The molecule has 25 heavy (non-hydrogen) atoms. The van der Waals surface area contributed by atoms with E-state index in [1.807, 2.05) is 0 Å². The maximum Gasteiger partial charge on any atom is 0.256 e. The van der Waals surface area contributed by atoms with Crippen molar-refractivity contribution in [3.8, 4) is 5.69 Å². The first-order valence-corrected chi connectivity index (χ1v) is 7.65. The Labute approximate surface area is 143 Å². The van der Waals surface area contributed by atoms with Crippen molar-refractivity contribution in [2.75, 3.05) is 0 Å². The minimum absolute atomic E-state index is 0.0918. The van der Waals surface area contributed by atoms with Crippen molar-refractivity contribution in [2.24, 2.45) is 0 Å². The van der Waals surface area contributed by atoms with E-state index in [2.05, 4.69) is 25.6 Å². The van der Waals surface area contributed by atoms with Crippen LogP contribution in [0.5, 0.6) is 0 Å². The third-order valence-corrected chi connectivity index (χ3v) is 3.76. The summed E-state index contributed by atoms with van der Waals surface area (Å²) in [6, 6.07) is 3.60. The Morgan fingerprint density at radius 1 is 1.24 bits per heavy atom. The highest BCUT2D eigenvalue weighted by molar-refractivity contribution is 5.75. The van der Waals surface area contributed by atoms with Crippen LogP contribution in [0.25, 0.3) is 5.69 Å². The minimum Gasteiger partial charge on any atom is -0.349 e. The molecule has 0 aliphatic heterocycles. The SMILES string of the molecule is Cc1ncn(CC(=O)NCc2cn(-c3ccncc3)nn2)c(=O)c1C. The van der Waals surface area contributed by atoms with Gasteiger partial charge in [-0.15, -0.1) is 5.10 Å². The largest absolute Gasteiger partial charge is 0.349 e. The fourth-order valence-electron chi connectivity index (χ4n) is 2.19. The number of pyridine rings is 1. The lowest BCUT2D eigenvalue weighted by molar-refractivity contribution is -0.121. The number of rotatable bonds is 5. The molecule has 0 atom stereocenters. The molecule has 0 radical (unpaired) electrons. The van der Waals surface area contributed by atoms with Crippen molar-refractivity contribution in [2.45, 2.75) is 26.9 Å². The molecule has 1 N–H and O–H groups in total. The van der Waals surface area contributed by atoms with Crippen LogP contribution in [0, 0.1) is 13.8 Å². The van der Waals surface area contributed by atoms with Crippen LogP contribution >= 0.6 is 0 Å². The Morgan fingerprint density at radius 2 is 2.00 bits per heavy atom. The fourth-order valence-corrected chi connectivity index (χ4v) is 2.19. The van der Waals surface area contributed by atoms with Gasteiger partial charge in [-0.05, 0) is 26.0 Å². The molecular formula is C16H17N7O2. The first kappa shape index (κ1) is 16.5. The van der Waals surface area contributed by atoms with Crippen LogP contribution in [-0.2, 0) is 17.9 Å². The molecule has 0 aromatic carbocycles. The van der Waals surface area contributed by atoms with Crippen LogP contribution in [-0.4, -0.2) is 35.4 Å². The summed E-state index contributed by atoms with van der Waals surface area (Å²) in [4.78, 5) is 32.2. The number of aromatic nitrogens is 6. The molecule has 3 aromatic rings. The number of carbonyl (C=O) groups is 1. The van der Waals surface area contributed by atoms with Crippen molar-refractivity contribution in [1.82, 2.24) is 34.8 Å². The Morgan fingerprint density at radius 3 is 2.76 bits per heavy atom. The van der Waals surface area contributed by atoms with E-state index in [9.17, 15) is 9.59 Å². The Kier molecular flexibility index (Phi) is 4.64. The van der Waals surface area contributed by atoms with Gasteiger partial charge in [0, 0.05) is 23.7 Å². The maximum absolute atomic E-state index is 12.1. The summed E-state index contributed by atoms with van der Waals surface area (Å²) in [6.45, 7) is 3.58. The second-order valence-corrected chi connectivity index (χ2v) is 5.52. The standard InChI is InChI=1S/C16H17N7O2/c1-11-12(2)19-10-22(16(11)25)9-15(24)18-7-13-8-23(21-20-13)14-3-5-17-6-4-14/h3-6,8,10H,7,9H2,1-2H3,(H,18,24). The van der Waals surface area contributed by atoms with E-state index in [0.717, 1.165) is 5.69 Å². The zero-order chi connectivity index (χ0) is 17.8. The van der Waals surface area contributed by atoms with E-state index < -0.39 is 0 Å². The smallest absolute Gasteiger partial charge is 0.256 e. The monoisotopic (exact) mass is 339 g/mol. The second kappa shape index (κ2) is 7.04.